The van der Waals surface area contributed by atoms with Gasteiger partial charge in [-0.2, -0.15) is 0 Å². The zero-order chi connectivity index (χ0) is 15.4. The van der Waals surface area contributed by atoms with Crippen LogP contribution in [0.4, 0.5) is 5.69 Å². The summed E-state index contributed by atoms with van der Waals surface area (Å²) in [7, 11) is 0. The quantitative estimate of drug-likeness (QED) is 0.479. The maximum Gasteiger partial charge on any atom is 0.313 e. The molecule has 0 unspecified atom stereocenters. The van der Waals surface area contributed by atoms with Crippen LogP contribution in [0.3, 0.4) is 0 Å². The van der Waals surface area contributed by atoms with Gasteiger partial charge in [0.15, 0.2) is 18.1 Å². The molecule has 0 aliphatic rings. The first-order valence-corrected chi connectivity index (χ1v) is 6.46. The minimum Gasteiger partial charge on any atom is -0.478 e. The van der Waals surface area contributed by atoms with Crippen molar-refractivity contribution in [2.24, 2.45) is 0 Å². The largest absolute Gasteiger partial charge is 0.478 e. The lowest BCUT2D eigenvalue weighted by Gasteiger charge is -2.08. The molecule has 0 spiro atoms. The van der Waals surface area contributed by atoms with Gasteiger partial charge in [0.25, 0.3) is 0 Å². The van der Waals surface area contributed by atoms with E-state index < -0.39 is 4.92 Å². The Hall–Kier alpha value is -2.69. The van der Waals surface area contributed by atoms with Gasteiger partial charge in [-0.3, -0.25) is 14.9 Å². The number of ketones is 1. The fraction of sp³-hybridized carbons (Fsp3) is 0.188. The molecule has 0 fully saturated rings. The van der Waals surface area contributed by atoms with Crippen LogP contribution in [-0.2, 0) is 0 Å². The Morgan fingerprint density at radius 3 is 2.43 bits per heavy atom. The molecule has 0 bridgehead atoms. The van der Waals surface area contributed by atoms with E-state index in [0.29, 0.717) is 11.1 Å². The number of para-hydroxylation sites is 1. The lowest BCUT2D eigenvalue weighted by atomic mass is 10.1. The number of rotatable bonds is 5. The molecule has 0 atom stereocenters. The van der Waals surface area contributed by atoms with Crippen molar-refractivity contribution in [2.45, 2.75) is 13.8 Å². The summed E-state index contributed by atoms with van der Waals surface area (Å²) in [6, 6.07) is 12.0. The van der Waals surface area contributed by atoms with E-state index in [0.717, 1.165) is 5.56 Å². The van der Waals surface area contributed by atoms with Crippen LogP contribution in [0.2, 0.25) is 0 Å². The zero-order valence-corrected chi connectivity index (χ0v) is 11.8. The Kier molecular flexibility index (Phi) is 4.33. The molecule has 2 aromatic carbocycles. The molecule has 0 aromatic heterocycles. The first-order chi connectivity index (χ1) is 10.0. The summed E-state index contributed by atoms with van der Waals surface area (Å²) in [4.78, 5) is 22.7. The number of hydrogen-bond donors (Lipinski definition) is 0. The smallest absolute Gasteiger partial charge is 0.313 e. The van der Waals surface area contributed by atoms with Crippen molar-refractivity contribution in [3.05, 3.63) is 69.3 Å². The predicted molar refractivity (Wildman–Crippen MR) is 78.8 cm³/mol. The van der Waals surface area contributed by atoms with Crippen LogP contribution in [0.15, 0.2) is 42.5 Å². The molecule has 0 N–H and O–H groups in total. The first-order valence-electron chi connectivity index (χ1n) is 6.46. The molecule has 5 nitrogen and oxygen atoms in total. The molecule has 0 saturated carbocycles. The van der Waals surface area contributed by atoms with E-state index in [-0.39, 0.29) is 23.8 Å². The Morgan fingerprint density at radius 2 is 1.76 bits per heavy atom. The van der Waals surface area contributed by atoms with Gasteiger partial charge in [0.2, 0.25) is 0 Å². The lowest BCUT2D eigenvalue weighted by molar-refractivity contribution is -0.386. The van der Waals surface area contributed by atoms with Gasteiger partial charge in [0, 0.05) is 11.1 Å². The number of nitrogens with zero attached hydrogens (tertiary/aromatic N) is 1. The summed E-state index contributed by atoms with van der Waals surface area (Å²) < 4.78 is 5.36. The van der Waals surface area contributed by atoms with E-state index in [2.05, 4.69) is 0 Å². The van der Waals surface area contributed by atoms with E-state index in [1.165, 1.54) is 6.07 Å². The fourth-order valence-corrected chi connectivity index (χ4v) is 2.09. The summed E-state index contributed by atoms with van der Waals surface area (Å²) in [6.07, 6.45) is 0. The molecule has 0 radical (unpaired) electrons. The van der Waals surface area contributed by atoms with Gasteiger partial charge in [0.05, 0.1) is 4.92 Å². The molecule has 0 saturated heterocycles. The third-order valence-electron chi connectivity index (χ3n) is 3.19. The standard InChI is InChI=1S/C16H15NO4/c1-11-6-3-4-8-13(11)14(18)10-21-15-9-5-7-12(2)16(15)17(19)20/h3-9H,10H2,1-2H3. The molecule has 108 valence electrons. The molecular weight excluding hydrogens is 270 g/mol. The summed E-state index contributed by atoms with van der Waals surface area (Å²) >= 11 is 0. The topological polar surface area (TPSA) is 69.4 Å². The van der Waals surface area contributed by atoms with E-state index in [9.17, 15) is 14.9 Å². The minimum absolute atomic E-state index is 0.102. The third kappa shape index (κ3) is 3.25. The second kappa shape index (κ2) is 6.17. The van der Waals surface area contributed by atoms with Crippen LogP contribution in [0.1, 0.15) is 21.5 Å². The number of Topliss-reactive ketones (excluding diaryl/α,β-unsaturated/α-hetero) is 1. The van der Waals surface area contributed by atoms with E-state index in [1.54, 1.807) is 31.2 Å². The van der Waals surface area contributed by atoms with E-state index in [4.69, 9.17) is 4.74 Å². The number of carbonyl (C=O) groups is 1. The summed E-state index contributed by atoms with van der Waals surface area (Å²) in [6.45, 7) is 3.24. The van der Waals surface area contributed by atoms with Crippen LogP contribution in [0.25, 0.3) is 0 Å². The van der Waals surface area contributed by atoms with Crippen LogP contribution < -0.4 is 4.74 Å². The number of ether oxygens (including phenoxy) is 1. The van der Waals surface area contributed by atoms with Gasteiger partial charge in [-0.15, -0.1) is 0 Å². The Morgan fingerprint density at radius 1 is 1.10 bits per heavy atom. The highest BCUT2D eigenvalue weighted by Crippen LogP contribution is 2.30. The Bertz CT molecular complexity index is 694. The third-order valence-corrected chi connectivity index (χ3v) is 3.19. The van der Waals surface area contributed by atoms with Crippen molar-refractivity contribution in [2.75, 3.05) is 6.61 Å². The summed E-state index contributed by atoms with van der Waals surface area (Å²) in [5.74, 6) is -0.0918. The normalized spacial score (nSPS) is 10.2. The molecule has 2 aromatic rings. The molecule has 0 amide bonds. The number of benzene rings is 2. The average molecular weight is 285 g/mol. The van der Waals surface area contributed by atoms with E-state index >= 15 is 0 Å². The van der Waals surface area contributed by atoms with Gasteiger partial charge in [-0.1, -0.05) is 36.4 Å². The van der Waals surface area contributed by atoms with Crippen molar-refractivity contribution in [1.82, 2.24) is 0 Å². The van der Waals surface area contributed by atoms with Gasteiger partial charge in [0.1, 0.15) is 0 Å². The van der Waals surface area contributed by atoms with Gasteiger partial charge < -0.3 is 4.74 Å². The van der Waals surface area contributed by atoms with Crippen LogP contribution in [-0.4, -0.2) is 17.3 Å². The SMILES string of the molecule is Cc1ccccc1C(=O)COc1cccc(C)c1[N+](=O)[O-]. The van der Waals surface area contributed by atoms with Crippen molar-refractivity contribution in [3.63, 3.8) is 0 Å². The van der Waals surface area contributed by atoms with Gasteiger partial charge >= 0.3 is 5.69 Å². The Balaban J connectivity index is 2.18. The maximum atomic E-state index is 12.1. The van der Waals surface area contributed by atoms with Crippen LogP contribution in [0, 0.1) is 24.0 Å². The molecule has 21 heavy (non-hydrogen) atoms. The van der Waals surface area contributed by atoms with Crippen LogP contribution in [0.5, 0.6) is 5.75 Å². The molecule has 0 heterocycles. The zero-order valence-electron chi connectivity index (χ0n) is 11.8. The number of aryl methyl sites for hydroxylation is 2. The second-order valence-corrected chi connectivity index (χ2v) is 4.71. The van der Waals surface area contributed by atoms with Crippen molar-refractivity contribution < 1.29 is 14.5 Å². The highest BCUT2D eigenvalue weighted by molar-refractivity contribution is 5.98. The summed E-state index contributed by atoms with van der Waals surface area (Å²) in [5.41, 5.74) is 1.81. The fourth-order valence-electron chi connectivity index (χ4n) is 2.09. The molecule has 2 rings (SSSR count). The van der Waals surface area contributed by atoms with Crippen molar-refractivity contribution >= 4 is 11.5 Å². The number of carbonyl (C=O) groups excluding carboxylic acids is 1. The Labute approximate surface area is 122 Å². The highest BCUT2D eigenvalue weighted by atomic mass is 16.6. The van der Waals surface area contributed by atoms with Crippen LogP contribution >= 0.6 is 0 Å². The molecular formula is C16H15NO4. The van der Waals surface area contributed by atoms with Crippen molar-refractivity contribution in [1.29, 1.82) is 0 Å². The summed E-state index contributed by atoms with van der Waals surface area (Å²) in [5, 5.41) is 11.1. The van der Waals surface area contributed by atoms with E-state index in [1.807, 2.05) is 19.1 Å². The maximum absolute atomic E-state index is 12.1. The minimum atomic E-state index is -0.497. The predicted octanol–water partition coefficient (Wildman–Crippen LogP) is 3.47. The number of hydrogen-bond acceptors (Lipinski definition) is 4. The molecule has 0 aliphatic carbocycles. The average Bonchev–Trinajstić information content (AvgIpc) is 2.44. The molecule has 5 heteroatoms. The van der Waals surface area contributed by atoms with Gasteiger partial charge in [-0.25, -0.2) is 0 Å². The number of nitro benzene ring substituents is 1. The first kappa shape index (κ1) is 14.7. The second-order valence-electron chi connectivity index (χ2n) is 4.71. The monoisotopic (exact) mass is 285 g/mol. The highest BCUT2D eigenvalue weighted by Gasteiger charge is 2.19. The van der Waals surface area contributed by atoms with Gasteiger partial charge in [-0.05, 0) is 25.5 Å². The van der Waals surface area contributed by atoms with Crippen molar-refractivity contribution in [3.8, 4) is 5.75 Å². The molecule has 0 aliphatic heterocycles. The lowest BCUT2D eigenvalue weighted by Crippen LogP contribution is -2.13. The number of nitro groups is 1.